The number of carbonyl (C=O) groups excluding carboxylic acids is 1. The Morgan fingerprint density at radius 1 is 1.04 bits per heavy atom. The predicted octanol–water partition coefficient (Wildman–Crippen LogP) is 4.16. The molecule has 1 aromatic carbocycles. The zero-order chi connectivity index (χ0) is 19.2. The highest BCUT2D eigenvalue weighted by Gasteiger charge is 2.30. The van der Waals surface area contributed by atoms with E-state index in [1.165, 1.54) is 10.6 Å². The number of rotatable bonds is 7. The van der Waals surface area contributed by atoms with Gasteiger partial charge < -0.3 is 10.2 Å². The summed E-state index contributed by atoms with van der Waals surface area (Å²) < 4.78 is 0. The zero-order valence-electron chi connectivity index (χ0n) is 16.6. The van der Waals surface area contributed by atoms with Crippen LogP contribution in [0.5, 0.6) is 0 Å². The Bertz CT molecular complexity index is 694. The average molecular weight is 386 g/mol. The van der Waals surface area contributed by atoms with Gasteiger partial charge in [0.15, 0.2) is 0 Å². The van der Waals surface area contributed by atoms with E-state index in [9.17, 15) is 4.79 Å². The molecule has 2 atom stereocenters. The Balaban J connectivity index is 1.67. The molecule has 1 saturated heterocycles. The molecule has 1 aromatic heterocycles. The number of anilines is 1. The standard InChI is InChI=1S/C22H31N3OS/c1-17(2)16-21(26)23-18(3)22(20-10-7-15-27-20)25-13-11-24(12-14-25)19-8-5-4-6-9-19/h4-10,15,17-18,22H,11-14,16H2,1-3H3,(H,23,26)/t18-,22-/m0/s1. The van der Waals surface area contributed by atoms with Crippen LogP contribution in [0.3, 0.4) is 0 Å². The molecule has 1 aliphatic heterocycles. The molecule has 0 saturated carbocycles. The second kappa shape index (κ2) is 9.38. The molecule has 2 aromatic rings. The summed E-state index contributed by atoms with van der Waals surface area (Å²) >= 11 is 1.78. The van der Waals surface area contributed by atoms with E-state index in [0.29, 0.717) is 12.3 Å². The van der Waals surface area contributed by atoms with Crippen LogP contribution < -0.4 is 10.2 Å². The Morgan fingerprint density at radius 2 is 1.74 bits per heavy atom. The third kappa shape index (κ3) is 5.33. The van der Waals surface area contributed by atoms with Crippen molar-refractivity contribution in [2.75, 3.05) is 31.1 Å². The number of nitrogens with one attached hydrogen (secondary N) is 1. The van der Waals surface area contributed by atoms with Crippen molar-refractivity contribution in [3.05, 3.63) is 52.7 Å². The van der Waals surface area contributed by atoms with Crippen molar-refractivity contribution in [1.82, 2.24) is 10.2 Å². The SMILES string of the molecule is CC(C)CC(=O)N[C@@H](C)[C@@H](c1cccs1)N1CCN(c2ccccc2)CC1. The lowest BCUT2D eigenvalue weighted by Crippen LogP contribution is -2.52. The number of nitrogens with zero attached hydrogens (tertiary/aromatic N) is 2. The fourth-order valence-electron chi connectivity index (χ4n) is 3.86. The van der Waals surface area contributed by atoms with Crippen LogP contribution in [0.25, 0.3) is 0 Å². The van der Waals surface area contributed by atoms with Crippen LogP contribution >= 0.6 is 11.3 Å². The first-order valence-corrected chi connectivity index (χ1v) is 10.8. The van der Waals surface area contributed by atoms with Gasteiger partial charge in [0.1, 0.15) is 0 Å². The van der Waals surface area contributed by atoms with Gasteiger partial charge in [-0.25, -0.2) is 0 Å². The molecular weight excluding hydrogens is 354 g/mol. The first-order valence-electron chi connectivity index (χ1n) is 9.91. The van der Waals surface area contributed by atoms with Crippen LogP contribution in [-0.2, 0) is 4.79 Å². The van der Waals surface area contributed by atoms with Crippen molar-refractivity contribution < 1.29 is 4.79 Å². The Kier molecular flexibility index (Phi) is 6.91. The van der Waals surface area contributed by atoms with E-state index in [0.717, 1.165) is 26.2 Å². The van der Waals surface area contributed by atoms with Crippen molar-refractivity contribution in [1.29, 1.82) is 0 Å². The van der Waals surface area contributed by atoms with E-state index in [1.807, 2.05) is 0 Å². The highest BCUT2D eigenvalue weighted by molar-refractivity contribution is 7.10. The molecule has 0 radical (unpaired) electrons. The maximum Gasteiger partial charge on any atom is 0.220 e. The Morgan fingerprint density at radius 3 is 2.33 bits per heavy atom. The van der Waals surface area contributed by atoms with Crippen molar-refractivity contribution in [2.24, 2.45) is 5.92 Å². The number of hydrogen-bond acceptors (Lipinski definition) is 4. The topological polar surface area (TPSA) is 35.6 Å². The largest absolute Gasteiger partial charge is 0.369 e. The fourth-order valence-corrected chi connectivity index (χ4v) is 4.83. The van der Waals surface area contributed by atoms with E-state index >= 15 is 0 Å². The van der Waals surface area contributed by atoms with Gasteiger partial charge in [-0.15, -0.1) is 11.3 Å². The normalized spacial score (nSPS) is 17.7. The van der Waals surface area contributed by atoms with Gasteiger partial charge in [-0.05, 0) is 36.4 Å². The number of benzene rings is 1. The van der Waals surface area contributed by atoms with Crippen molar-refractivity contribution >= 4 is 22.9 Å². The number of amides is 1. The van der Waals surface area contributed by atoms with Gasteiger partial charge in [-0.3, -0.25) is 9.69 Å². The molecule has 0 spiro atoms. The second-order valence-corrected chi connectivity index (χ2v) is 8.75. The smallest absolute Gasteiger partial charge is 0.220 e. The Hall–Kier alpha value is -1.85. The zero-order valence-corrected chi connectivity index (χ0v) is 17.4. The van der Waals surface area contributed by atoms with Crippen LogP contribution in [0.1, 0.15) is 38.1 Å². The summed E-state index contributed by atoms with van der Waals surface area (Å²) in [5, 5.41) is 5.38. The lowest BCUT2D eigenvalue weighted by Gasteiger charge is -2.42. The summed E-state index contributed by atoms with van der Waals surface area (Å²) in [5.41, 5.74) is 1.29. The van der Waals surface area contributed by atoms with Crippen LogP contribution in [-0.4, -0.2) is 43.0 Å². The third-order valence-electron chi connectivity index (χ3n) is 5.12. The summed E-state index contributed by atoms with van der Waals surface area (Å²) in [7, 11) is 0. The van der Waals surface area contributed by atoms with Gasteiger partial charge in [0, 0.05) is 49.2 Å². The van der Waals surface area contributed by atoms with Crippen LogP contribution in [0, 0.1) is 5.92 Å². The molecule has 2 heterocycles. The van der Waals surface area contributed by atoms with Crippen LogP contribution in [0.2, 0.25) is 0 Å². The predicted molar refractivity (Wildman–Crippen MR) is 114 cm³/mol. The minimum absolute atomic E-state index is 0.0955. The Labute approximate surface area is 167 Å². The molecular formula is C22H31N3OS. The average Bonchev–Trinajstić information content (AvgIpc) is 3.16. The maximum absolute atomic E-state index is 12.3. The molecule has 0 unspecified atom stereocenters. The number of carbonyl (C=O) groups is 1. The molecule has 4 nitrogen and oxygen atoms in total. The third-order valence-corrected chi connectivity index (χ3v) is 6.06. The van der Waals surface area contributed by atoms with Crippen LogP contribution in [0.15, 0.2) is 47.8 Å². The number of piperazine rings is 1. The quantitative estimate of drug-likeness (QED) is 0.777. The van der Waals surface area contributed by atoms with Gasteiger partial charge in [0.25, 0.3) is 0 Å². The van der Waals surface area contributed by atoms with E-state index in [1.54, 1.807) is 11.3 Å². The van der Waals surface area contributed by atoms with Gasteiger partial charge in [0.2, 0.25) is 5.91 Å². The first kappa shape index (κ1) is 19.9. The lowest BCUT2D eigenvalue weighted by molar-refractivity contribution is -0.122. The van der Waals surface area contributed by atoms with Gasteiger partial charge in [-0.1, -0.05) is 38.1 Å². The van der Waals surface area contributed by atoms with Gasteiger partial charge in [-0.2, -0.15) is 0 Å². The van der Waals surface area contributed by atoms with E-state index < -0.39 is 0 Å². The second-order valence-electron chi connectivity index (χ2n) is 7.77. The summed E-state index contributed by atoms with van der Waals surface area (Å²) in [4.78, 5) is 18.6. The minimum Gasteiger partial charge on any atom is -0.369 e. The van der Waals surface area contributed by atoms with Crippen LogP contribution in [0.4, 0.5) is 5.69 Å². The number of thiophene rings is 1. The van der Waals surface area contributed by atoms with E-state index in [4.69, 9.17) is 0 Å². The van der Waals surface area contributed by atoms with Gasteiger partial charge >= 0.3 is 0 Å². The van der Waals surface area contributed by atoms with E-state index in [2.05, 4.69) is 83.7 Å². The molecule has 1 fully saturated rings. The van der Waals surface area contributed by atoms with Crippen molar-refractivity contribution in [2.45, 2.75) is 39.3 Å². The summed E-state index contributed by atoms with van der Waals surface area (Å²) in [6.45, 7) is 10.3. The molecule has 0 aliphatic carbocycles. The lowest BCUT2D eigenvalue weighted by atomic mass is 10.0. The summed E-state index contributed by atoms with van der Waals surface area (Å²) in [6, 6.07) is 15.3. The first-order chi connectivity index (χ1) is 13.0. The minimum atomic E-state index is 0.0955. The monoisotopic (exact) mass is 385 g/mol. The highest BCUT2D eigenvalue weighted by Crippen LogP contribution is 2.30. The molecule has 5 heteroatoms. The van der Waals surface area contributed by atoms with E-state index in [-0.39, 0.29) is 18.0 Å². The summed E-state index contributed by atoms with van der Waals surface area (Å²) in [6.07, 6.45) is 0.587. The molecule has 1 amide bonds. The maximum atomic E-state index is 12.3. The molecule has 1 N–H and O–H groups in total. The molecule has 27 heavy (non-hydrogen) atoms. The van der Waals surface area contributed by atoms with Crippen molar-refractivity contribution in [3.8, 4) is 0 Å². The van der Waals surface area contributed by atoms with Crippen molar-refractivity contribution in [3.63, 3.8) is 0 Å². The molecule has 146 valence electrons. The fraction of sp³-hybridized carbons (Fsp3) is 0.500. The summed E-state index contributed by atoms with van der Waals surface area (Å²) in [5.74, 6) is 0.536. The number of hydrogen-bond donors (Lipinski definition) is 1. The molecule has 0 bridgehead atoms. The number of para-hydroxylation sites is 1. The highest BCUT2D eigenvalue weighted by atomic mass is 32.1. The molecule has 1 aliphatic rings. The van der Waals surface area contributed by atoms with Gasteiger partial charge in [0.05, 0.1) is 6.04 Å². The molecule has 3 rings (SSSR count).